The minimum absolute atomic E-state index is 0.899. The second-order valence-corrected chi connectivity index (χ2v) is 3.11. The summed E-state index contributed by atoms with van der Waals surface area (Å²) in [5.74, 6) is 2.83. The number of methoxy groups -OCH3 is 1. The van der Waals surface area contributed by atoms with E-state index >= 15 is 0 Å². The first-order valence-electron chi connectivity index (χ1n) is 3.63. The van der Waals surface area contributed by atoms with Gasteiger partial charge in [0.25, 0.3) is 0 Å². The summed E-state index contributed by atoms with van der Waals surface area (Å²) in [4.78, 5) is 0. The second kappa shape index (κ2) is 1.96. The Morgan fingerprint density at radius 2 is 2.11 bits per heavy atom. The monoisotopic (exact) mass is 127 g/mol. The van der Waals surface area contributed by atoms with E-state index in [1.807, 2.05) is 0 Å². The lowest BCUT2D eigenvalue weighted by Crippen LogP contribution is -2.16. The van der Waals surface area contributed by atoms with E-state index in [4.69, 9.17) is 4.74 Å². The van der Waals surface area contributed by atoms with Gasteiger partial charge in [-0.3, -0.25) is 0 Å². The molecule has 3 atom stereocenters. The quantitative estimate of drug-likeness (QED) is 0.568. The number of rotatable bonds is 2. The molecule has 0 aromatic heterocycles. The summed E-state index contributed by atoms with van der Waals surface area (Å²) in [6.07, 6.45) is 0. The molecule has 1 aliphatic carbocycles. The third kappa shape index (κ3) is 0.775. The van der Waals surface area contributed by atoms with Gasteiger partial charge in [0.2, 0.25) is 0 Å². The van der Waals surface area contributed by atoms with Gasteiger partial charge in [-0.15, -0.1) is 0 Å². The Labute approximate surface area is 55.6 Å². The average Bonchev–Trinajstić information content (AvgIpc) is 2.39. The van der Waals surface area contributed by atoms with Crippen LogP contribution in [0, 0.1) is 17.8 Å². The highest BCUT2D eigenvalue weighted by Crippen LogP contribution is 2.48. The Kier molecular flexibility index (Phi) is 1.24. The first-order valence-corrected chi connectivity index (χ1v) is 3.63. The van der Waals surface area contributed by atoms with Gasteiger partial charge in [0.15, 0.2) is 0 Å². The number of ether oxygens (including phenoxy) is 1. The first-order chi connectivity index (χ1) is 4.43. The third-order valence-corrected chi connectivity index (χ3v) is 2.63. The van der Waals surface area contributed by atoms with Crippen molar-refractivity contribution < 1.29 is 4.74 Å². The summed E-state index contributed by atoms with van der Waals surface area (Å²) < 4.78 is 5.07. The van der Waals surface area contributed by atoms with Crippen LogP contribution in [0.3, 0.4) is 0 Å². The van der Waals surface area contributed by atoms with Crippen LogP contribution in [-0.4, -0.2) is 26.8 Å². The molecule has 2 fully saturated rings. The van der Waals surface area contributed by atoms with Crippen LogP contribution in [0.25, 0.3) is 0 Å². The fourth-order valence-corrected chi connectivity index (χ4v) is 1.99. The molecule has 52 valence electrons. The maximum absolute atomic E-state index is 5.07. The van der Waals surface area contributed by atoms with Crippen molar-refractivity contribution in [2.45, 2.75) is 0 Å². The third-order valence-electron chi connectivity index (χ3n) is 2.63. The number of nitrogens with one attached hydrogen (secondary N) is 1. The molecular formula is C7H13NO. The number of hydrogen-bond acceptors (Lipinski definition) is 2. The van der Waals surface area contributed by atoms with E-state index in [2.05, 4.69) is 5.32 Å². The van der Waals surface area contributed by atoms with E-state index in [0.29, 0.717) is 0 Å². The van der Waals surface area contributed by atoms with E-state index < -0.39 is 0 Å². The molecular weight excluding hydrogens is 114 g/mol. The van der Waals surface area contributed by atoms with Crippen LogP contribution in [-0.2, 0) is 4.74 Å². The number of piperidine rings is 1. The van der Waals surface area contributed by atoms with Crippen molar-refractivity contribution in [3.63, 3.8) is 0 Å². The topological polar surface area (TPSA) is 21.3 Å². The highest BCUT2D eigenvalue weighted by Gasteiger charge is 2.52. The smallest absolute Gasteiger partial charge is 0.0496 e. The molecule has 1 aliphatic heterocycles. The summed E-state index contributed by atoms with van der Waals surface area (Å²) in [6.45, 7) is 3.45. The largest absolute Gasteiger partial charge is 0.384 e. The van der Waals surface area contributed by atoms with Gasteiger partial charge in [-0.1, -0.05) is 0 Å². The van der Waals surface area contributed by atoms with Crippen molar-refractivity contribution in [3.05, 3.63) is 0 Å². The van der Waals surface area contributed by atoms with Crippen LogP contribution in [0.2, 0.25) is 0 Å². The van der Waals surface area contributed by atoms with Crippen molar-refractivity contribution in [3.8, 4) is 0 Å². The molecule has 0 radical (unpaired) electrons. The van der Waals surface area contributed by atoms with E-state index in [0.717, 1.165) is 24.4 Å². The molecule has 1 saturated carbocycles. The van der Waals surface area contributed by atoms with Crippen molar-refractivity contribution in [1.29, 1.82) is 0 Å². The lowest BCUT2D eigenvalue weighted by atomic mass is 10.3. The summed E-state index contributed by atoms with van der Waals surface area (Å²) in [5.41, 5.74) is 0. The number of fused-ring (bicyclic) bond motifs is 1. The van der Waals surface area contributed by atoms with E-state index in [1.165, 1.54) is 13.1 Å². The molecule has 0 bridgehead atoms. The summed E-state index contributed by atoms with van der Waals surface area (Å²) in [7, 11) is 1.79. The Balaban J connectivity index is 1.81. The molecule has 2 heteroatoms. The molecule has 2 rings (SSSR count). The molecule has 2 aliphatic rings. The molecule has 1 unspecified atom stereocenters. The maximum Gasteiger partial charge on any atom is 0.0496 e. The molecule has 9 heavy (non-hydrogen) atoms. The van der Waals surface area contributed by atoms with Gasteiger partial charge in [0, 0.05) is 13.7 Å². The summed E-state index contributed by atoms with van der Waals surface area (Å²) in [5, 5.41) is 3.35. The van der Waals surface area contributed by atoms with Gasteiger partial charge in [-0.05, 0) is 30.8 Å². The Morgan fingerprint density at radius 1 is 1.44 bits per heavy atom. The number of hydrogen-bond donors (Lipinski definition) is 1. The highest BCUT2D eigenvalue weighted by atomic mass is 16.5. The van der Waals surface area contributed by atoms with Crippen LogP contribution in [0.1, 0.15) is 0 Å². The predicted octanol–water partition coefficient (Wildman–Crippen LogP) is 0.0982. The lowest BCUT2D eigenvalue weighted by molar-refractivity contribution is 0.175. The normalized spacial score (nSPS) is 47.0. The van der Waals surface area contributed by atoms with Gasteiger partial charge < -0.3 is 10.1 Å². The zero-order chi connectivity index (χ0) is 6.27. The van der Waals surface area contributed by atoms with E-state index in [-0.39, 0.29) is 0 Å². The molecule has 0 aromatic carbocycles. The predicted molar refractivity (Wildman–Crippen MR) is 35.2 cm³/mol. The average molecular weight is 127 g/mol. The standard InChI is InChI=1S/C7H13NO/c1-9-4-7-5-2-8-3-6(5)7/h5-8H,2-4H2,1H3/t5-,6?,7+/m0/s1. The Bertz CT molecular complexity index is 105. The summed E-state index contributed by atoms with van der Waals surface area (Å²) in [6, 6.07) is 0. The van der Waals surface area contributed by atoms with Gasteiger partial charge in [0.05, 0.1) is 0 Å². The fourth-order valence-electron chi connectivity index (χ4n) is 1.99. The van der Waals surface area contributed by atoms with Gasteiger partial charge in [-0.25, -0.2) is 0 Å². The molecule has 0 aromatic rings. The molecule has 0 spiro atoms. The van der Waals surface area contributed by atoms with E-state index in [1.54, 1.807) is 7.11 Å². The highest BCUT2D eigenvalue weighted by molar-refractivity contribution is 5.03. The maximum atomic E-state index is 5.07. The zero-order valence-corrected chi connectivity index (χ0v) is 5.76. The summed E-state index contributed by atoms with van der Waals surface area (Å²) >= 11 is 0. The van der Waals surface area contributed by atoms with Crippen LogP contribution in [0.4, 0.5) is 0 Å². The zero-order valence-electron chi connectivity index (χ0n) is 5.76. The van der Waals surface area contributed by atoms with Gasteiger partial charge in [-0.2, -0.15) is 0 Å². The molecule has 0 amide bonds. The molecule has 1 saturated heterocycles. The van der Waals surface area contributed by atoms with Crippen LogP contribution in [0.5, 0.6) is 0 Å². The lowest BCUT2D eigenvalue weighted by Gasteiger charge is -2.00. The van der Waals surface area contributed by atoms with Crippen molar-refractivity contribution in [1.82, 2.24) is 5.32 Å². The molecule has 1 heterocycles. The Hall–Kier alpha value is -0.0800. The van der Waals surface area contributed by atoms with Gasteiger partial charge >= 0.3 is 0 Å². The Morgan fingerprint density at radius 3 is 2.67 bits per heavy atom. The van der Waals surface area contributed by atoms with Crippen LogP contribution >= 0.6 is 0 Å². The minimum Gasteiger partial charge on any atom is -0.384 e. The fraction of sp³-hybridized carbons (Fsp3) is 1.00. The van der Waals surface area contributed by atoms with Crippen molar-refractivity contribution in [2.24, 2.45) is 17.8 Å². The first kappa shape index (κ1) is 5.69. The van der Waals surface area contributed by atoms with Crippen LogP contribution in [0.15, 0.2) is 0 Å². The van der Waals surface area contributed by atoms with E-state index in [9.17, 15) is 0 Å². The van der Waals surface area contributed by atoms with Crippen LogP contribution < -0.4 is 5.32 Å². The minimum atomic E-state index is 0.899. The SMILES string of the molecule is COC[C@H]1C2CNC[C@@H]21. The molecule has 2 nitrogen and oxygen atoms in total. The van der Waals surface area contributed by atoms with Crippen molar-refractivity contribution >= 4 is 0 Å². The molecule has 1 N–H and O–H groups in total. The van der Waals surface area contributed by atoms with Gasteiger partial charge in [0.1, 0.15) is 0 Å². The van der Waals surface area contributed by atoms with Crippen molar-refractivity contribution in [2.75, 3.05) is 26.8 Å². The second-order valence-electron chi connectivity index (χ2n) is 3.11.